The first-order valence-corrected chi connectivity index (χ1v) is 6.44. The molecule has 2 aromatic carbocycles. The zero-order valence-corrected chi connectivity index (χ0v) is 11.8. The minimum absolute atomic E-state index is 0.106. The molecule has 3 nitrogen and oxygen atoms in total. The quantitative estimate of drug-likeness (QED) is 0.915. The predicted molar refractivity (Wildman–Crippen MR) is 74.3 cm³/mol. The van der Waals surface area contributed by atoms with E-state index in [1.165, 1.54) is 7.11 Å². The molecule has 21 heavy (non-hydrogen) atoms. The average molecular weight is 294 g/mol. The highest BCUT2D eigenvalue weighted by Crippen LogP contribution is 2.30. The SMILES string of the molecule is COc1ccc([C@H](C)O)c(OCc2cc(F)ccc2F)c1. The van der Waals surface area contributed by atoms with Crippen LogP contribution in [0.1, 0.15) is 24.2 Å². The lowest BCUT2D eigenvalue weighted by molar-refractivity contribution is 0.189. The summed E-state index contributed by atoms with van der Waals surface area (Å²) in [5, 5.41) is 9.71. The van der Waals surface area contributed by atoms with Gasteiger partial charge in [0.2, 0.25) is 0 Å². The monoisotopic (exact) mass is 294 g/mol. The second-order valence-electron chi connectivity index (χ2n) is 4.60. The van der Waals surface area contributed by atoms with Crippen molar-refractivity contribution >= 4 is 0 Å². The van der Waals surface area contributed by atoms with E-state index in [9.17, 15) is 13.9 Å². The van der Waals surface area contributed by atoms with Crippen LogP contribution in [0, 0.1) is 11.6 Å². The number of ether oxygens (including phenoxy) is 2. The van der Waals surface area contributed by atoms with Gasteiger partial charge in [0.05, 0.1) is 13.2 Å². The van der Waals surface area contributed by atoms with Crippen LogP contribution in [0.25, 0.3) is 0 Å². The van der Waals surface area contributed by atoms with E-state index in [0.29, 0.717) is 17.1 Å². The van der Waals surface area contributed by atoms with E-state index >= 15 is 0 Å². The Labute approximate surface area is 121 Å². The van der Waals surface area contributed by atoms with Gasteiger partial charge in [-0.05, 0) is 37.3 Å². The van der Waals surface area contributed by atoms with Gasteiger partial charge in [0.25, 0.3) is 0 Å². The van der Waals surface area contributed by atoms with E-state index in [1.54, 1.807) is 25.1 Å². The molecule has 2 aromatic rings. The molecule has 2 rings (SSSR count). The van der Waals surface area contributed by atoms with E-state index < -0.39 is 17.7 Å². The van der Waals surface area contributed by atoms with Gasteiger partial charge in [-0.15, -0.1) is 0 Å². The summed E-state index contributed by atoms with van der Waals surface area (Å²) < 4.78 is 37.3. The van der Waals surface area contributed by atoms with E-state index in [0.717, 1.165) is 18.2 Å². The molecule has 0 aliphatic rings. The number of hydrogen-bond acceptors (Lipinski definition) is 3. The maximum absolute atomic E-state index is 13.6. The fourth-order valence-electron chi connectivity index (χ4n) is 1.92. The number of hydrogen-bond donors (Lipinski definition) is 1. The summed E-state index contributed by atoms with van der Waals surface area (Å²) in [4.78, 5) is 0. The Balaban J connectivity index is 2.24. The van der Waals surface area contributed by atoms with Crippen molar-refractivity contribution < 1.29 is 23.4 Å². The molecule has 0 unspecified atom stereocenters. The fraction of sp³-hybridized carbons (Fsp3) is 0.250. The van der Waals surface area contributed by atoms with Gasteiger partial charge >= 0.3 is 0 Å². The Kier molecular flexibility index (Phi) is 4.75. The summed E-state index contributed by atoms with van der Waals surface area (Å²) in [5.41, 5.74) is 0.655. The Morgan fingerprint density at radius 2 is 1.90 bits per heavy atom. The second-order valence-corrected chi connectivity index (χ2v) is 4.60. The number of aliphatic hydroxyl groups is 1. The van der Waals surface area contributed by atoms with Gasteiger partial charge in [-0.25, -0.2) is 8.78 Å². The average Bonchev–Trinajstić information content (AvgIpc) is 2.47. The lowest BCUT2D eigenvalue weighted by Gasteiger charge is -2.15. The van der Waals surface area contributed by atoms with Gasteiger partial charge in [-0.3, -0.25) is 0 Å². The molecular formula is C16H16F2O3. The Hall–Kier alpha value is -2.14. The summed E-state index contributed by atoms with van der Waals surface area (Å²) in [6, 6.07) is 8.13. The zero-order chi connectivity index (χ0) is 15.4. The van der Waals surface area contributed by atoms with Gasteiger partial charge in [-0.2, -0.15) is 0 Å². The van der Waals surface area contributed by atoms with Crippen molar-refractivity contribution in [2.24, 2.45) is 0 Å². The first-order valence-electron chi connectivity index (χ1n) is 6.44. The summed E-state index contributed by atoms with van der Waals surface area (Å²) in [6.07, 6.45) is -0.747. The van der Waals surface area contributed by atoms with Crippen LogP contribution >= 0.6 is 0 Å². The molecule has 1 N–H and O–H groups in total. The molecule has 0 spiro atoms. The van der Waals surface area contributed by atoms with Crippen molar-refractivity contribution in [3.8, 4) is 11.5 Å². The Bertz CT molecular complexity index is 627. The fourth-order valence-corrected chi connectivity index (χ4v) is 1.92. The molecule has 0 bridgehead atoms. The van der Waals surface area contributed by atoms with Crippen LogP contribution in [0.4, 0.5) is 8.78 Å². The van der Waals surface area contributed by atoms with Crippen molar-refractivity contribution in [3.63, 3.8) is 0 Å². The van der Waals surface area contributed by atoms with Crippen LogP contribution in [0.5, 0.6) is 11.5 Å². The topological polar surface area (TPSA) is 38.7 Å². The van der Waals surface area contributed by atoms with Gasteiger partial charge in [-0.1, -0.05) is 0 Å². The van der Waals surface area contributed by atoms with E-state index in [1.807, 2.05) is 0 Å². The third-order valence-electron chi connectivity index (χ3n) is 3.06. The Morgan fingerprint density at radius 1 is 1.14 bits per heavy atom. The minimum Gasteiger partial charge on any atom is -0.497 e. The molecule has 1 atom stereocenters. The summed E-state index contributed by atoms with van der Waals surface area (Å²) in [6.45, 7) is 1.45. The molecule has 0 aromatic heterocycles. The maximum Gasteiger partial charge on any atom is 0.130 e. The van der Waals surface area contributed by atoms with Crippen LogP contribution in [0.15, 0.2) is 36.4 Å². The number of aliphatic hydroxyl groups excluding tert-OH is 1. The number of rotatable bonds is 5. The van der Waals surface area contributed by atoms with Gasteiger partial charge in [0.15, 0.2) is 0 Å². The van der Waals surface area contributed by atoms with Crippen molar-refractivity contribution in [1.29, 1.82) is 0 Å². The minimum atomic E-state index is -0.747. The lowest BCUT2D eigenvalue weighted by atomic mass is 10.1. The summed E-state index contributed by atoms with van der Waals surface area (Å²) in [5.74, 6) is -0.156. The lowest BCUT2D eigenvalue weighted by Crippen LogP contribution is -2.03. The van der Waals surface area contributed by atoms with Gasteiger partial charge < -0.3 is 14.6 Å². The number of halogens is 2. The van der Waals surface area contributed by atoms with Crippen molar-refractivity contribution in [2.75, 3.05) is 7.11 Å². The molecule has 0 fully saturated rings. The van der Waals surface area contributed by atoms with E-state index in [2.05, 4.69) is 0 Å². The van der Waals surface area contributed by atoms with E-state index in [4.69, 9.17) is 9.47 Å². The smallest absolute Gasteiger partial charge is 0.130 e. The molecule has 0 radical (unpaired) electrons. The number of benzene rings is 2. The van der Waals surface area contributed by atoms with Crippen LogP contribution in [-0.4, -0.2) is 12.2 Å². The molecule has 0 heterocycles. The van der Waals surface area contributed by atoms with Crippen molar-refractivity contribution in [2.45, 2.75) is 19.6 Å². The molecule has 0 saturated heterocycles. The standard InChI is InChI=1S/C16H16F2O3/c1-10(19)14-5-4-13(20-2)8-16(14)21-9-11-7-12(17)3-6-15(11)18/h3-8,10,19H,9H2,1-2H3/t10-/m0/s1. The summed E-state index contributed by atoms with van der Waals surface area (Å²) >= 11 is 0. The number of methoxy groups -OCH3 is 1. The molecular weight excluding hydrogens is 278 g/mol. The van der Waals surface area contributed by atoms with Gasteiger partial charge in [0, 0.05) is 17.2 Å². The second kappa shape index (κ2) is 6.54. The zero-order valence-electron chi connectivity index (χ0n) is 11.8. The molecule has 0 aliphatic heterocycles. The third kappa shape index (κ3) is 3.70. The maximum atomic E-state index is 13.6. The first-order chi connectivity index (χ1) is 10.0. The van der Waals surface area contributed by atoms with Crippen molar-refractivity contribution in [3.05, 3.63) is 59.2 Å². The molecule has 0 amide bonds. The predicted octanol–water partition coefficient (Wildman–Crippen LogP) is 3.61. The van der Waals surface area contributed by atoms with Crippen LogP contribution in [-0.2, 0) is 6.61 Å². The highest BCUT2D eigenvalue weighted by atomic mass is 19.1. The van der Waals surface area contributed by atoms with Crippen LogP contribution in [0.3, 0.4) is 0 Å². The summed E-state index contributed by atoms with van der Waals surface area (Å²) in [7, 11) is 1.51. The molecule has 5 heteroatoms. The van der Waals surface area contributed by atoms with Crippen LogP contribution < -0.4 is 9.47 Å². The van der Waals surface area contributed by atoms with Crippen LogP contribution in [0.2, 0.25) is 0 Å². The highest BCUT2D eigenvalue weighted by Gasteiger charge is 2.12. The normalized spacial score (nSPS) is 12.0. The Morgan fingerprint density at radius 3 is 2.57 bits per heavy atom. The van der Waals surface area contributed by atoms with E-state index in [-0.39, 0.29) is 12.2 Å². The molecule has 0 saturated carbocycles. The molecule has 112 valence electrons. The van der Waals surface area contributed by atoms with Gasteiger partial charge in [0.1, 0.15) is 29.7 Å². The molecule has 0 aliphatic carbocycles. The highest BCUT2D eigenvalue weighted by molar-refractivity contribution is 5.42. The first kappa shape index (κ1) is 15.3. The van der Waals surface area contributed by atoms with Crippen molar-refractivity contribution in [1.82, 2.24) is 0 Å². The largest absolute Gasteiger partial charge is 0.497 e. The third-order valence-corrected chi connectivity index (χ3v) is 3.06.